The highest BCUT2D eigenvalue weighted by molar-refractivity contribution is 5.79. The van der Waals surface area contributed by atoms with E-state index in [9.17, 15) is 9.90 Å². The molecule has 0 aliphatic heterocycles. The van der Waals surface area contributed by atoms with Crippen molar-refractivity contribution < 1.29 is 9.90 Å². The van der Waals surface area contributed by atoms with Gasteiger partial charge in [-0.1, -0.05) is 13.8 Å². The molecular weight excluding hydrogens is 254 g/mol. The lowest BCUT2D eigenvalue weighted by atomic mass is 10.1. The number of amides is 1. The second-order valence-corrected chi connectivity index (χ2v) is 5.23. The Labute approximate surface area is 121 Å². The predicted molar refractivity (Wildman–Crippen MR) is 79.6 cm³/mol. The van der Waals surface area contributed by atoms with Crippen LogP contribution in [0.15, 0.2) is 0 Å². The number of aliphatic hydroxyl groups excluding tert-OH is 1. The molecule has 1 amide bonds. The van der Waals surface area contributed by atoms with Crippen LogP contribution >= 0.6 is 0 Å². The highest BCUT2D eigenvalue weighted by atomic mass is 16.3. The number of hydrogen-bond donors (Lipinski definition) is 1. The molecular formula is C15H27N3O2. The Bertz CT molecular complexity index is 450. The maximum Gasteiger partial charge on any atom is 0.227 e. The Morgan fingerprint density at radius 2 is 1.95 bits per heavy atom. The van der Waals surface area contributed by atoms with E-state index in [-0.39, 0.29) is 18.6 Å². The molecule has 1 aromatic rings. The van der Waals surface area contributed by atoms with E-state index in [0.717, 1.165) is 29.8 Å². The van der Waals surface area contributed by atoms with Gasteiger partial charge in [-0.25, -0.2) is 0 Å². The Balaban J connectivity index is 2.90. The van der Waals surface area contributed by atoms with E-state index < -0.39 is 0 Å². The zero-order valence-electron chi connectivity index (χ0n) is 13.3. The number of carbonyl (C=O) groups is 1. The van der Waals surface area contributed by atoms with E-state index in [1.165, 1.54) is 0 Å². The van der Waals surface area contributed by atoms with E-state index in [4.69, 9.17) is 0 Å². The molecule has 0 spiro atoms. The molecule has 1 heterocycles. The summed E-state index contributed by atoms with van der Waals surface area (Å²) in [5, 5.41) is 13.5. The van der Waals surface area contributed by atoms with Gasteiger partial charge in [0.2, 0.25) is 5.91 Å². The molecule has 5 nitrogen and oxygen atoms in total. The number of carbonyl (C=O) groups excluding carboxylic acids is 1. The normalized spacial score (nSPS) is 11.2. The smallest absolute Gasteiger partial charge is 0.227 e. The van der Waals surface area contributed by atoms with E-state index in [0.29, 0.717) is 13.0 Å². The van der Waals surface area contributed by atoms with Crippen molar-refractivity contribution >= 4 is 5.91 Å². The Morgan fingerprint density at radius 3 is 2.35 bits per heavy atom. The van der Waals surface area contributed by atoms with Crippen LogP contribution in [-0.2, 0) is 18.3 Å². The number of aryl methyl sites for hydroxylation is 2. The maximum absolute atomic E-state index is 12.6. The molecule has 20 heavy (non-hydrogen) atoms. The first-order valence-electron chi connectivity index (χ1n) is 7.35. The van der Waals surface area contributed by atoms with Crippen molar-refractivity contribution in [2.45, 2.75) is 53.0 Å². The summed E-state index contributed by atoms with van der Waals surface area (Å²) < 4.78 is 1.81. The molecule has 0 unspecified atom stereocenters. The van der Waals surface area contributed by atoms with Crippen molar-refractivity contribution in [2.24, 2.45) is 7.05 Å². The highest BCUT2D eigenvalue weighted by Crippen LogP contribution is 2.16. The first-order chi connectivity index (χ1) is 9.46. The second-order valence-electron chi connectivity index (χ2n) is 5.23. The van der Waals surface area contributed by atoms with Gasteiger partial charge in [-0.3, -0.25) is 9.48 Å². The van der Waals surface area contributed by atoms with Crippen molar-refractivity contribution in [3.63, 3.8) is 0 Å². The van der Waals surface area contributed by atoms with Crippen LogP contribution < -0.4 is 0 Å². The Kier molecular flexibility index (Phi) is 6.20. The van der Waals surface area contributed by atoms with E-state index >= 15 is 0 Å². The topological polar surface area (TPSA) is 58.4 Å². The fourth-order valence-corrected chi connectivity index (χ4v) is 2.67. The van der Waals surface area contributed by atoms with Gasteiger partial charge in [-0.2, -0.15) is 5.10 Å². The monoisotopic (exact) mass is 281 g/mol. The molecule has 0 saturated carbocycles. The molecule has 114 valence electrons. The lowest BCUT2D eigenvalue weighted by Gasteiger charge is -2.30. The van der Waals surface area contributed by atoms with Crippen LogP contribution in [0.4, 0.5) is 0 Å². The number of aliphatic hydroxyl groups is 1. The first kappa shape index (κ1) is 16.7. The molecule has 0 fully saturated rings. The SMILES string of the molecule is CCC(CC)N(CCO)C(=O)Cc1c(C)nn(C)c1C. The van der Waals surface area contributed by atoms with Crippen LogP contribution in [0.1, 0.15) is 43.6 Å². The van der Waals surface area contributed by atoms with Crippen molar-refractivity contribution in [1.82, 2.24) is 14.7 Å². The van der Waals surface area contributed by atoms with Gasteiger partial charge < -0.3 is 10.0 Å². The van der Waals surface area contributed by atoms with Gasteiger partial charge >= 0.3 is 0 Å². The zero-order valence-corrected chi connectivity index (χ0v) is 13.3. The lowest BCUT2D eigenvalue weighted by molar-refractivity contribution is -0.133. The molecule has 0 aliphatic rings. The number of rotatable bonds is 7. The van der Waals surface area contributed by atoms with Gasteiger partial charge in [0.1, 0.15) is 0 Å². The summed E-state index contributed by atoms with van der Waals surface area (Å²) in [4.78, 5) is 14.4. The number of aromatic nitrogens is 2. The van der Waals surface area contributed by atoms with Crippen LogP contribution in [0.3, 0.4) is 0 Å². The van der Waals surface area contributed by atoms with Gasteiger partial charge in [-0.05, 0) is 26.7 Å². The van der Waals surface area contributed by atoms with Gasteiger partial charge in [-0.15, -0.1) is 0 Å². The van der Waals surface area contributed by atoms with Crippen molar-refractivity contribution in [3.8, 4) is 0 Å². The van der Waals surface area contributed by atoms with Crippen molar-refractivity contribution in [1.29, 1.82) is 0 Å². The average molecular weight is 281 g/mol. The molecule has 0 saturated heterocycles. The van der Waals surface area contributed by atoms with Gasteiger partial charge in [0.15, 0.2) is 0 Å². The standard InChI is InChI=1S/C15H27N3O2/c1-6-13(7-2)18(8-9-19)15(20)10-14-11(3)16-17(5)12(14)4/h13,19H,6-10H2,1-5H3. The summed E-state index contributed by atoms with van der Waals surface area (Å²) in [5.41, 5.74) is 2.95. The summed E-state index contributed by atoms with van der Waals surface area (Å²) >= 11 is 0. The molecule has 1 N–H and O–H groups in total. The van der Waals surface area contributed by atoms with E-state index in [1.807, 2.05) is 30.5 Å². The molecule has 1 rings (SSSR count). The third kappa shape index (κ3) is 3.60. The predicted octanol–water partition coefficient (Wildman–Crippen LogP) is 1.59. The summed E-state index contributed by atoms with van der Waals surface area (Å²) in [6, 6.07) is 0.201. The molecule has 0 aromatic carbocycles. The van der Waals surface area contributed by atoms with Crippen LogP contribution in [0.2, 0.25) is 0 Å². The van der Waals surface area contributed by atoms with Gasteiger partial charge in [0, 0.05) is 30.9 Å². The largest absolute Gasteiger partial charge is 0.395 e. The molecule has 0 bridgehead atoms. The quantitative estimate of drug-likeness (QED) is 0.825. The third-order valence-corrected chi connectivity index (χ3v) is 4.03. The molecule has 0 aliphatic carbocycles. The number of hydrogen-bond acceptors (Lipinski definition) is 3. The molecule has 5 heteroatoms. The average Bonchev–Trinajstić information content (AvgIpc) is 2.65. The van der Waals surface area contributed by atoms with Crippen LogP contribution in [0, 0.1) is 13.8 Å². The van der Waals surface area contributed by atoms with Crippen LogP contribution in [-0.4, -0.2) is 44.9 Å². The van der Waals surface area contributed by atoms with Crippen molar-refractivity contribution in [2.75, 3.05) is 13.2 Å². The van der Waals surface area contributed by atoms with Crippen molar-refractivity contribution in [3.05, 3.63) is 17.0 Å². The summed E-state index contributed by atoms with van der Waals surface area (Å²) in [7, 11) is 1.89. The lowest BCUT2D eigenvalue weighted by Crippen LogP contribution is -2.42. The minimum absolute atomic E-state index is 0.00719. The van der Waals surface area contributed by atoms with Crippen LogP contribution in [0.5, 0.6) is 0 Å². The summed E-state index contributed by atoms with van der Waals surface area (Å²) in [5.74, 6) is 0.0759. The fraction of sp³-hybridized carbons (Fsp3) is 0.733. The molecule has 0 radical (unpaired) electrons. The zero-order chi connectivity index (χ0) is 15.3. The minimum Gasteiger partial charge on any atom is -0.395 e. The van der Waals surface area contributed by atoms with E-state index in [2.05, 4.69) is 18.9 Å². The van der Waals surface area contributed by atoms with Crippen LogP contribution in [0.25, 0.3) is 0 Å². The minimum atomic E-state index is 0.00719. The molecule has 1 aromatic heterocycles. The fourth-order valence-electron chi connectivity index (χ4n) is 2.67. The Morgan fingerprint density at radius 1 is 1.35 bits per heavy atom. The first-order valence-corrected chi connectivity index (χ1v) is 7.35. The number of nitrogens with zero attached hydrogens (tertiary/aromatic N) is 3. The maximum atomic E-state index is 12.6. The van der Waals surface area contributed by atoms with Gasteiger partial charge in [0.05, 0.1) is 18.7 Å². The second kappa shape index (κ2) is 7.43. The Hall–Kier alpha value is -1.36. The summed E-state index contributed by atoms with van der Waals surface area (Å²) in [6.07, 6.45) is 2.18. The van der Waals surface area contributed by atoms with E-state index in [1.54, 1.807) is 0 Å². The van der Waals surface area contributed by atoms with Gasteiger partial charge in [0.25, 0.3) is 0 Å². The highest BCUT2D eigenvalue weighted by Gasteiger charge is 2.23. The molecule has 0 atom stereocenters. The third-order valence-electron chi connectivity index (χ3n) is 4.03. The summed E-state index contributed by atoms with van der Waals surface area (Å²) in [6.45, 7) is 8.48.